The van der Waals surface area contributed by atoms with Crippen molar-refractivity contribution in [1.82, 2.24) is 30.6 Å². The summed E-state index contributed by atoms with van der Waals surface area (Å²) in [5.74, 6) is -0.241. The number of rotatable bonds is 11. The van der Waals surface area contributed by atoms with Crippen LogP contribution >= 0.6 is 23.2 Å². The molecule has 1 amide bonds. The number of hydrogen-bond donors (Lipinski definition) is 2. The van der Waals surface area contributed by atoms with Gasteiger partial charge in [-0.25, -0.2) is 19.6 Å². The number of carbonyl (C=O) groups is 2. The molecule has 0 unspecified atom stereocenters. The first kappa shape index (κ1) is 21.9. The quantitative estimate of drug-likeness (QED) is 0.408. The summed E-state index contributed by atoms with van der Waals surface area (Å²) >= 11 is 11.7. The maximum atomic E-state index is 12.9. The van der Waals surface area contributed by atoms with Gasteiger partial charge in [0.1, 0.15) is 11.8 Å². The first-order valence-corrected chi connectivity index (χ1v) is 9.51. The number of para-hydroxylation sites is 1. The number of carboxylic acid groups (broad SMARTS) is 1. The van der Waals surface area contributed by atoms with Crippen LogP contribution in [0.4, 0.5) is 4.79 Å². The van der Waals surface area contributed by atoms with Crippen LogP contribution < -0.4 is 4.74 Å². The second kappa shape index (κ2) is 11.4. The number of hydrogen-bond acceptors (Lipinski definition) is 7. The third-order valence-corrected chi connectivity index (χ3v) is 4.07. The maximum absolute atomic E-state index is 12.9. The molecule has 152 valence electrons. The Morgan fingerprint density at radius 2 is 1.86 bits per heavy atom. The molecule has 0 bridgehead atoms. The van der Waals surface area contributed by atoms with Gasteiger partial charge in [0, 0.05) is 31.3 Å². The fourth-order valence-corrected chi connectivity index (χ4v) is 2.89. The number of aliphatic carboxylic acids is 1. The highest BCUT2D eigenvalue weighted by atomic mass is 35.5. The van der Waals surface area contributed by atoms with Crippen molar-refractivity contribution >= 4 is 35.3 Å². The molecule has 0 aliphatic heterocycles. The number of carbonyl (C=O) groups excluding carboxylic acids is 1. The van der Waals surface area contributed by atoms with Gasteiger partial charge in [-0.2, -0.15) is 5.21 Å². The molecule has 0 aliphatic carbocycles. The number of nitrogens with zero attached hydrogens (tertiary/aromatic N) is 5. The fourth-order valence-electron chi connectivity index (χ4n) is 2.50. The first-order valence-electron chi connectivity index (χ1n) is 8.44. The number of benzene rings is 1. The number of amides is 1. The molecule has 0 aliphatic rings. The molecule has 28 heavy (non-hydrogen) atoms. The van der Waals surface area contributed by atoms with E-state index < -0.39 is 18.1 Å². The Hall–Kier alpha value is -2.43. The summed E-state index contributed by atoms with van der Waals surface area (Å²) in [5, 5.41) is 25.6. The highest BCUT2D eigenvalue weighted by Crippen LogP contribution is 2.17. The second-order valence-corrected chi connectivity index (χ2v) is 6.33. The zero-order valence-electron chi connectivity index (χ0n) is 14.9. The van der Waals surface area contributed by atoms with Gasteiger partial charge in [0.05, 0.1) is 0 Å². The molecule has 0 radical (unpaired) electrons. The van der Waals surface area contributed by atoms with E-state index in [-0.39, 0.29) is 43.4 Å². The lowest BCUT2D eigenvalue weighted by Crippen LogP contribution is -2.57. The Labute approximate surface area is 171 Å². The summed E-state index contributed by atoms with van der Waals surface area (Å²) in [6.07, 6.45) is -0.611. The normalized spacial score (nSPS) is 12.0. The number of hydrazine groups is 1. The lowest BCUT2D eigenvalue weighted by atomic mass is 10.1. The van der Waals surface area contributed by atoms with E-state index in [4.69, 9.17) is 27.9 Å². The minimum atomic E-state index is -1.24. The predicted molar refractivity (Wildman–Crippen MR) is 101 cm³/mol. The van der Waals surface area contributed by atoms with Crippen molar-refractivity contribution in [1.29, 1.82) is 0 Å². The van der Waals surface area contributed by atoms with Gasteiger partial charge in [0.2, 0.25) is 0 Å². The number of alkyl halides is 2. The lowest BCUT2D eigenvalue weighted by Gasteiger charge is -2.37. The van der Waals surface area contributed by atoms with Crippen molar-refractivity contribution in [2.24, 2.45) is 0 Å². The molecule has 2 rings (SSSR count). The highest BCUT2D eigenvalue weighted by Gasteiger charge is 2.35. The van der Waals surface area contributed by atoms with Crippen LogP contribution in [0.2, 0.25) is 0 Å². The van der Waals surface area contributed by atoms with E-state index in [1.54, 1.807) is 30.3 Å². The third kappa shape index (κ3) is 6.32. The SMILES string of the molecule is O=C(O)[C@H](CCc1nn[nH]n1)N(C(=O)Oc1ccccc1)N(CCCl)CCCl. The molecule has 1 atom stereocenters. The van der Waals surface area contributed by atoms with Gasteiger partial charge in [-0.1, -0.05) is 23.4 Å². The fraction of sp³-hybridized carbons (Fsp3) is 0.438. The Bertz CT molecular complexity index is 728. The van der Waals surface area contributed by atoms with E-state index in [1.807, 2.05) is 0 Å². The summed E-state index contributed by atoms with van der Waals surface area (Å²) in [6, 6.07) is 7.13. The summed E-state index contributed by atoms with van der Waals surface area (Å²) in [7, 11) is 0. The van der Waals surface area contributed by atoms with E-state index >= 15 is 0 Å². The molecule has 0 saturated carbocycles. The van der Waals surface area contributed by atoms with Crippen LogP contribution in [0.5, 0.6) is 5.75 Å². The average Bonchev–Trinajstić information content (AvgIpc) is 3.19. The summed E-state index contributed by atoms with van der Waals surface area (Å²) in [5.41, 5.74) is 0. The molecule has 0 spiro atoms. The van der Waals surface area contributed by atoms with E-state index in [0.717, 1.165) is 5.01 Å². The summed E-state index contributed by atoms with van der Waals surface area (Å²) in [6.45, 7) is 0.425. The Morgan fingerprint density at radius 1 is 1.18 bits per heavy atom. The van der Waals surface area contributed by atoms with Gasteiger partial charge in [-0.05, 0) is 18.6 Å². The molecule has 1 heterocycles. The van der Waals surface area contributed by atoms with Crippen LogP contribution in [-0.4, -0.2) is 78.7 Å². The second-order valence-electron chi connectivity index (χ2n) is 5.58. The van der Waals surface area contributed by atoms with Gasteiger partial charge >= 0.3 is 12.1 Å². The maximum Gasteiger partial charge on any atom is 0.430 e. The zero-order valence-corrected chi connectivity index (χ0v) is 16.4. The van der Waals surface area contributed by atoms with Gasteiger partial charge in [0.15, 0.2) is 5.82 Å². The van der Waals surface area contributed by atoms with Crippen molar-refractivity contribution < 1.29 is 19.4 Å². The van der Waals surface area contributed by atoms with Crippen molar-refractivity contribution in [2.45, 2.75) is 18.9 Å². The van der Waals surface area contributed by atoms with Crippen LogP contribution in [-0.2, 0) is 11.2 Å². The standard InChI is InChI=1S/C16H20Cl2N6O4/c17-8-10-23(11-9-18)24(16(27)28-12-4-2-1-3-5-12)13(15(25)26)6-7-14-19-21-22-20-14/h1-5,13H,6-11H2,(H,25,26)(H,19,20,21,22)/t13-/m0/s1. The molecule has 0 fully saturated rings. The van der Waals surface area contributed by atoms with Crippen LogP contribution in [0.3, 0.4) is 0 Å². The third-order valence-electron chi connectivity index (χ3n) is 3.74. The molecule has 10 nitrogen and oxygen atoms in total. The zero-order chi connectivity index (χ0) is 20.4. The molecule has 12 heteroatoms. The first-order chi connectivity index (χ1) is 13.6. The van der Waals surface area contributed by atoms with Crippen molar-refractivity contribution in [3.05, 3.63) is 36.2 Å². The largest absolute Gasteiger partial charge is 0.480 e. The van der Waals surface area contributed by atoms with Crippen molar-refractivity contribution in [3.8, 4) is 5.75 Å². The van der Waals surface area contributed by atoms with Gasteiger partial charge in [0.25, 0.3) is 0 Å². The van der Waals surface area contributed by atoms with Crippen LogP contribution in [0.25, 0.3) is 0 Å². The van der Waals surface area contributed by atoms with Gasteiger partial charge in [-0.15, -0.1) is 33.4 Å². The number of halogens is 2. The molecule has 2 N–H and O–H groups in total. The van der Waals surface area contributed by atoms with E-state index in [9.17, 15) is 14.7 Å². The number of aromatic amines is 1. The highest BCUT2D eigenvalue weighted by molar-refractivity contribution is 6.18. The number of tetrazole rings is 1. The Morgan fingerprint density at radius 3 is 2.39 bits per heavy atom. The Balaban J connectivity index is 2.26. The van der Waals surface area contributed by atoms with Gasteiger partial charge < -0.3 is 9.84 Å². The van der Waals surface area contributed by atoms with E-state index in [0.29, 0.717) is 5.82 Å². The lowest BCUT2D eigenvalue weighted by molar-refractivity contribution is -0.150. The topological polar surface area (TPSA) is 125 Å². The number of aryl methyl sites for hydroxylation is 1. The predicted octanol–water partition coefficient (Wildman–Crippen LogP) is 1.78. The minimum Gasteiger partial charge on any atom is -0.480 e. The van der Waals surface area contributed by atoms with Crippen LogP contribution in [0.1, 0.15) is 12.2 Å². The van der Waals surface area contributed by atoms with E-state index in [1.165, 1.54) is 5.01 Å². The Kier molecular flexibility index (Phi) is 8.92. The monoisotopic (exact) mass is 430 g/mol. The molecular formula is C16H20Cl2N6O4. The summed E-state index contributed by atoms with van der Waals surface area (Å²) in [4.78, 5) is 24.8. The molecule has 1 aromatic heterocycles. The van der Waals surface area contributed by atoms with Crippen molar-refractivity contribution in [2.75, 3.05) is 24.8 Å². The molecule has 2 aromatic rings. The smallest absolute Gasteiger partial charge is 0.430 e. The number of ether oxygens (including phenoxy) is 1. The molecule has 1 aromatic carbocycles. The summed E-state index contributed by atoms with van der Waals surface area (Å²) < 4.78 is 5.36. The van der Waals surface area contributed by atoms with Crippen molar-refractivity contribution in [3.63, 3.8) is 0 Å². The molecule has 0 saturated heterocycles. The van der Waals surface area contributed by atoms with Crippen LogP contribution in [0.15, 0.2) is 30.3 Å². The van der Waals surface area contributed by atoms with Gasteiger partial charge in [-0.3, -0.25) is 0 Å². The number of H-pyrrole nitrogens is 1. The minimum absolute atomic E-state index is 0.0415. The molecular weight excluding hydrogens is 411 g/mol. The van der Waals surface area contributed by atoms with E-state index in [2.05, 4.69) is 20.6 Å². The number of carboxylic acids is 1. The average molecular weight is 431 g/mol. The number of aromatic nitrogens is 4. The van der Waals surface area contributed by atoms with Crippen LogP contribution in [0, 0.1) is 0 Å². The number of nitrogens with one attached hydrogen (secondary N) is 1.